The van der Waals surface area contributed by atoms with Crippen molar-refractivity contribution in [3.63, 3.8) is 0 Å². The SMILES string of the molecule is CC(C)CCN(c1ccc(CCN)cc1)C1CCCC1. The van der Waals surface area contributed by atoms with E-state index in [2.05, 4.69) is 43.0 Å². The molecule has 2 heteroatoms. The normalized spacial score (nSPS) is 16.0. The average molecular weight is 274 g/mol. The van der Waals surface area contributed by atoms with Gasteiger partial charge in [0.2, 0.25) is 0 Å². The highest BCUT2D eigenvalue weighted by Gasteiger charge is 2.22. The third-order valence-electron chi connectivity index (χ3n) is 4.41. The van der Waals surface area contributed by atoms with E-state index in [0.29, 0.717) is 0 Å². The van der Waals surface area contributed by atoms with Gasteiger partial charge < -0.3 is 10.6 Å². The summed E-state index contributed by atoms with van der Waals surface area (Å²) in [5.74, 6) is 0.774. The number of rotatable bonds is 7. The second-order valence-corrected chi connectivity index (χ2v) is 6.52. The molecule has 0 heterocycles. The molecule has 2 nitrogen and oxygen atoms in total. The lowest BCUT2D eigenvalue weighted by Crippen LogP contribution is -2.34. The molecule has 2 N–H and O–H groups in total. The highest BCUT2D eigenvalue weighted by molar-refractivity contribution is 5.49. The van der Waals surface area contributed by atoms with Gasteiger partial charge in [-0.2, -0.15) is 0 Å². The van der Waals surface area contributed by atoms with Crippen molar-refractivity contribution in [2.24, 2.45) is 11.7 Å². The van der Waals surface area contributed by atoms with E-state index in [1.54, 1.807) is 0 Å². The lowest BCUT2D eigenvalue weighted by Gasteiger charge is -2.32. The number of benzene rings is 1. The maximum atomic E-state index is 5.63. The molecule has 0 spiro atoms. The minimum Gasteiger partial charge on any atom is -0.369 e. The maximum Gasteiger partial charge on any atom is 0.0368 e. The quantitative estimate of drug-likeness (QED) is 0.815. The third-order valence-corrected chi connectivity index (χ3v) is 4.41. The maximum absolute atomic E-state index is 5.63. The minimum atomic E-state index is 0.735. The minimum absolute atomic E-state index is 0.735. The second kappa shape index (κ2) is 7.68. The molecule has 0 aliphatic heterocycles. The number of nitrogens with two attached hydrogens (primary N) is 1. The Balaban J connectivity index is 2.07. The molecule has 1 aliphatic carbocycles. The monoisotopic (exact) mass is 274 g/mol. The summed E-state index contributed by atoms with van der Waals surface area (Å²) in [6.45, 7) is 6.56. The fraction of sp³-hybridized carbons (Fsp3) is 0.667. The molecule has 0 atom stereocenters. The lowest BCUT2D eigenvalue weighted by atomic mass is 10.1. The summed E-state index contributed by atoms with van der Waals surface area (Å²) in [7, 11) is 0. The van der Waals surface area contributed by atoms with Crippen LogP contribution in [0.25, 0.3) is 0 Å². The zero-order valence-electron chi connectivity index (χ0n) is 13.1. The molecule has 20 heavy (non-hydrogen) atoms. The predicted molar refractivity (Wildman–Crippen MR) is 88.3 cm³/mol. The number of anilines is 1. The van der Waals surface area contributed by atoms with Gasteiger partial charge in [0, 0.05) is 18.3 Å². The van der Waals surface area contributed by atoms with Crippen molar-refractivity contribution in [3.8, 4) is 0 Å². The van der Waals surface area contributed by atoms with Crippen LogP contribution in [0.3, 0.4) is 0 Å². The Morgan fingerprint density at radius 2 is 1.80 bits per heavy atom. The van der Waals surface area contributed by atoms with Crippen molar-refractivity contribution in [1.29, 1.82) is 0 Å². The van der Waals surface area contributed by atoms with E-state index in [1.807, 2.05) is 0 Å². The zero-order valence-corrected chi connectivity index (χ0v) is 13.1. The van der Waals surface area contributed by atoms with Gasteiger partial charge in [-0.05, 0) is 55.8 Å². The first-order valence-electron chi connectivity index (χ1n) is 8.26. The van der Waals surface area contributed by atoms with Crippen molar-refractivity contribution < 1.29 is 0 Å². The van der Waals surface area contributed by atoms with Crippen molar-refractivity contribution >= 4 is 5.69 Å². The molecule has 1 aromatic rings. The molecule has 1 aliphatic rings. The van der Waals surface area contributed by atoms with Gasteiger partial charge in [0.1, 0.15) is 0 Å². The Kier molecular flexibility index (Phi) is 5.90. The number of nitrogens with zero attached hydrogens (tertiary/aromatic N) is 1. The van der Waals surface area contributed by atoms with Crippen molar-refractivity contribution in [2.45, 2.75) is 58.4 Å². The molecule has 0 bridgehead atoms. The van der Waals surface area contributed by atoms with E-state index in [1.165, 1.54) is 49.9 Å². The van der Waals surface area contributed by atoms with Crippen molar-refractivity contribution in [1.82, 2.24) is 0 Å². The van der Waals surface area contributed by atoms with Crippen LogP contribution in [0.1, 0.15) is 51.5 Å². The van der Waals surface area contributed by atoms with Crippen LogP contribution in [-0.2, 0) is 6.42 Å². The van der Waals surface area contributed by atoms with E-state index in [0.717, 1.165) is 24.9 Å². The molecule has 2 rings (SSSR count). The first-order valence-corrected chi connectivity index (χ1v) is 8.26. The van der Waals surface area contributed by atoms with E-state index in [9.17, 15) is 0 Å². The third kappa shape index (κ3) is 4.24. The summed E-state index contributed by atoms with van der Waals surface area (Å²) in [6.07, 6.45) is 7.78. The van der Waals surface area contributed by atoms with Gasteiger partial charge >= 0.3 is 0 Å². The van der Waals surface area contributed by atoms with Gasteiger partial charge in [0.25, 0.3) is 0 Å². The van der Waals surface area contributed by atoms with Crippen LogP contribution in [0.4, 0.5) is 5.69 Å². The number of hydrogen-bond acceptors (Lipinski definition) is 2. The first kappa shape index (κ1) is 15.4. The van der Waals surface area contributed by atoms with Gasteiger partial charge in [-0.15, -0.1) is 0 Å². The van der Waals surface area contributed by atoms with E-state index < -0.39 is 0 Å². The van der Waals surface area contributed by atoms with Crippen LogP contribution >= 0.6 is 0 Å². The van der Waals surface area contributed by atoms with Crippen LogP contribution in [0, 0.1) is 5.92 Å². The molecule has 1 saturated carbocycles. The molecule has 0 saturated heterocycles. The molecule has 1 aromatic carbocycles. The van der Waals surface area contributed by atoms with E-state index in [4.69, 9.17) is 5.73 Å². The Bertz CT molecular complexity index is 377. The summed E-state index contributed by atoms with van der Waals surface area (Å²) in [5.41, 5.74) is 8.38. The summed E-state index contributed by atoms with van der Waals surface area (Å²) >= 11 is 0. The summed E-state index contributed by atoms with van der Waals surface area (Å²) in [5, 5.41) is 0. The largest absolute Gasteiger partial charge is 0.369 e. The summed E-state index contributed by atoms with van der Waals surface area (Å²) in [6, 6.07) is 9.85. The van der Waals surface area contributed by atoms with Crippen LogP contribution in [-0.4, -0.2) is 19.1 Å². The molecule has 112 valence electrons. The standard InChI is InChI=1S/C18H30N2/c1-15(2)12-14-20(17-5-3-4-6-17)18-9-7-16(8-10-18)11-13-19/h7-10,15,17H,3-6,11-14,19H2,1-2H3. The number of hydrogen-bond donors (Lipinski definition) is 1. The lowest BCUT2D eigenvalue weighted by molar-refractivity contribution is 0.528. The molecule has 0 radical (unpaired) electrons. The highest BCUT2D eigenvalue weighted by Crippen LogP contribution is 2.29. The van der Waals surface area contributed by atoms with Gasteiger partial charge in [-0.3, -0.25) is 0 Å². The van der Waals surface area contributed by atoms with Gasteiger partial charge in [-0.1, -0.05) is 38.8 Å². The Labute approximate surface area is 124 Å². The zero-order chi connectivity index (χ0) is 14.4. The summed E-state index contributed by atoms with van der Waals surface area (Å²) < 4.78 is 0. The van der Waals surface area contributed by atoms with E-state index >= 15 is 0 Å². The van der Waals surface area contributed by atoms with Crippen LogP contribution in [0.2, 0.25) is 0 Å². The van der Waals surface area contributed by atoms with Crippen molar-refractivity contribution in [3.05, 3.63) is 29.8 Å². The van der Waals surface area contributed by atoms with Crippen LogP contribution in [0.15, 0.2) is 24.3 Å². The molecule has 0 aromatic heterocycles. The van der Waals surface area contributed by atoms with Gasteiger partial charge in [0.05, 0.1) is 0 Å². The fourth-order valence-electron chi connectivity index (χ4n) is 3.16. The van der Waals surface area contributed by atoms with Crippen LogP contribution in [0.5, 0.6) is 0 Å². The van der Waals surface area contributed by atoms with E-state index in [-0.39, 0.29) is 0 Å². The Morgan fingerprint density at radius 3 is 2.35 bits per heavy atom. The Morgan fingerprint density at radius 1 is 1.15 bits per heavy atom. The highest BCUT2D eigenvalue weighted by atomic mass is 15.2. The topological polar surface area (TPSA) is 29.3 Å². The molecule has 0 amide bonds. The van der Waals surface area contributed by atoms with Gasteiger partial charge in [0.15, 0.2) is 0 Å². The van der Waals surface area contributed by atoms with Crippen molar-refractivity contribution in [2.75, 3.05) is 18.0 Å². The molecular formula is C18H30N2. The van der Waals surface area contributed by atoms with Gasteiger partial charge in [-0.25, -0.2) is 0 Å². The second-order valence-electron chi connectivity index (χ2n) is 6.52. The smallest absolute Gasteiger partial charge is 0.0368 e. The van der Waals surface area contributed by atoms with Crippen LogP contribution < -0.4 is 10.6 Å². The Hall–Kier alpha value is -1.02. The molecule has 0 unspecified atom stereocenters. The predicted octanol–water partition coefficient (Wildman–Crippen LogP) is 3.98. The fourth-order valence-corrected chi connectivity index (χ4v) is 3.16. The molecule has 1 fully saturated rings. The average Bonchev–Trinajstić information content (AvgIpc) is 2.95. The first-order chi connectivity index (χ1) is 9.70. The molecular weight excluding hydrogens is 244 g/mol. The summed E-state index contributed by atoms with van der Waals surface area (Å²) in [4.78, 5) is 2.65.